The molecular formula is C17H35N3O. The van der Waals surface area contributed by atoms with Gasteiger partial charge in [-0.3, -0.25) is 9.69 Å². The maximum Gasteiger partial charge on any atom is 0.237 e. The number of nitrogens with one attached hydrogen (secondary N) is 1. The summed E-state index contributed by atoms with van der Waals surface area (Å²) in [4.78, 5) is 14.7. The summed E-state index contributed by atoms with van der Waals surface area (Å²) in [5.74, 6) is 0.725. The lowest BCUT2D eigenvalue weighted by atomic mass is 9.83. The van der Waals surface area contributed by atoms with Gasteiger partial charge < -0.3 is 11.1 Å². The molecule has 1 aliphatic rings. The molecule has 1 saturated carbocycles. The van der Waals surface area contributed by atoms with Crippen molar-refractivity contribution in [3.63, 3.8) is 0 Å². The maximum absolute atomic E-state index is 12.4. The predicted octanol–water partition coefficient (Wildman–Crippen LogP) is 2.52. The number of hydrogen-bond acceptors (Lipinski definition) is 3. The fraction of sp³-hybridized carbons (Fsp3) is 0.941. The summed E-state index contributed by atoms with van der Waals surface area (Å²) in [5, 5.41) is 3.09. The van der Waals surface area contributed by atoms with Gasteiger partial charge in [-0.25, -0.2) is 0 Å². The molecule has 21 heavy (non-hydrogen) atoms. The van der Waals surface area contributed by atoms with Crippen LogP contribution in [0.4, 0.5) is 0 Å². The van der Waals surface area contributed by atoms with Crippen molar-refractivity contribution < 1.29 is 4.79 Å². The molecule has 1 amide bonds. The molecule has 0 bridgehead atoms. The van der Waals surface area contributed by atoms with E-state index in [0.717, 1.165) is 26.1 Å². The molecule has 4 heteroatoms. The largest absolute Gasteiger partial charge is 0.355 e. The van der Waals surface area contributed by atoms with Gasteiger partial charge >= 0.3 is 0 Å². The van der Waals surface area contributed by atoms with E-state index in [9.17, 15) is 4.79 Å². The van der Waals surface area contributed by atoms with Gasteiger partial charge in [0, 0.05) is 12.6 Å². The zero-order valence-corrected chi connectivity index (χ0v) is 14.2. The lowest BCUT2D eigenvalue weighted by Crippen LogP contribution is -2.53. The Hall–Kier alpha value is -0.610. The molecule has 0 aromatic heterocycles. The van der Waals surface area contributed by atoms with Crippen LogP contribution in [0.1, 0.15) is 65.7 Å². The van der Waals surface area contributed by atoms with Crippen LogP contribution in [0.3, 0.4) is 0 Å². The zero-order chi connectivity index (χ0) is 15.7. The molecular weight excluding hydrogens is 262 g/mol. The second kappa shape index (κ2) is 10.2. The highest BCUT2D eigenvalue weighted by Gasteiger charge is 2.33. The first-order valence-electron chi connectivity index (χ1n) is 8.89. The highest BCUT2D eigenvalue weighted by atomic mass is 16.2. The number of nitrogens with zero attached hydrogens (tertiary/aromatic N) is 1. The minimum Gasteiger partial charge on any atom is -0.355 e. The minimum absolute atomic E-state index is 0.0474. The zero-order valence-electron chi connectivity index (χ0n) is 14.2. The summed E-state index contributed by atoms with van der Waals surface area (Å²) in [6.45, 7) is 8.85. The number of hydrogen-bond donors (Lipinski definition) is 2. The van der Waals surface area contributed by atoms with Crippen molar-refractivity contribution in [2.45, 2.75) is 77.8 Å². The molecule has 0 spiro atoms. The molecule has 0 aliphatic heterocycles. The Morgan fingerprint density at radius 3 is 2.62 bits per heavy atom. The number of likely N-dealkylation sites (N-methyl/N-ethyl adjacent to an activating group) is 1. The second-order valence-electron chi connectivity index (χ2n) is 6.35. The summed E-state index contributed by atoms with van der Waals surface area (Å²) in [7, 11) is 0. The summed E-state index contributed by atoms with van der Waals surface area (Å²) in [5.41, 5.74) is 5.95. The van der Waals surface area contributed by atoms with Crippen LogP contribution in [0.25, 0.3) is 0 Å². The van der Waals surface area contributed by atoms with Crippen molar-refractivity contribution in [1.82, 2.24) is 10.2 Å². The monoisotopic (exact) mass is 297 g/mol. The normalized spacial score (nSPS) is 24.0. The average molecular weight is 297 g/mol. The van der Waals surface area contributed by atoms with E-state index in [0.29, 0.717) is 12.0 Å². The topological polar surface area (TPSA) is 58.4 Å². The van der Waals surface area contributed by atoms with E-state index in [4.69, 9.17) is 5.73 Å². The van der Waals surface area contributed by atoms with Crippen LogP contribution in [0.15, 0.2) is 0 Å². The van der Waals surface area contributed by atoms with Crippen LogP contribution in [0, 0.1) is 5.92 Å². The van der Waals surface area contributed by atoms with Crippen molar-refractivity contribution in [3.05, 3.63) is 0 Å². The first kappa shape index (κ1) is 18.4. The summed E-state index contributed by atoms with van der Waals surface area (Å²) in [6, 6.07) is 0.430. The van der Waals surface area contributed by atoms with E-state index < -0.39 is 0 Å². The molecule has 3 unspecified atom stereocenters. The van der Waals surface area contributed by atoms with Crippen LogP contribution in [0.2, 0.25) is 0 Å². The number of amides is 1. The molecule has 3 N–H and O–H groups in total. The Bertz CT molecular complexity index is 296. The SMILES string of the molecule is CCCCCNC(=O)C(C)N(CC)C1CCCCC1CN. The van der Waals surface area contributed by atoms with Crippen LogP contribution in [0.5, 0.6) is 0 Å². The van der Waals surface area contributed by atoms with E-state index in [1.54, 1.807) is 0 Å². The summed E-state index contributed by atoms with van der Waals surface area (Å²) in [6.07, 6.45) is 8.40. The fourth-order valence-electron chi connectivity index (χ4n) is 3.58. The lowest BCUT2D eigenvalue weighted by Gasteiger charge is -2.41. The minimum atomic E-state index is -0.0474. The van der Waals surface area contributed by atoms with Gasteiger partial charge in [-0.1, -0.05) is 39.5 Å². The highest BCUT2D eigenvalue weighted by Crippen LogP contribution is 2.29. The molecule has 0 aromatic rings. The Morgan fingerprint density at radius 1 is 1.29 bits per heavy atom. The molecule has 0 radical (unpaired) electrons. The maximum atomic E-state index is 12.4. The third kappa shape index (κ3) is 5.59. The smallest absolute Gasteiger partial charge is 0.237 e. The fourth-order valence-corrected chi connectivity index (χ4v) is 3.58. The van der Waals surface area contributed by atoms with Gasteiger partial charge in [-0.2, -0.15) is 0 Å². The van der Waals surface area contributed by atoms with E-state index in [1.807, 2.05) is 6.92 Å². The molecule has 0 saturated heterocycles. The summed E-state index contributed by atoms with van der Waals surface area (Å²) < 4.78 is 0. The van der Waals surface area contributed by atoms with Gasteiger partial charge in [0.2, 0.25) is 5.91 Å². The van der Waals surface area contributed by atoms with Gasteiger partial charge in [-0.05, 0) is 45.2 Å². The van der Waals surface area contributed by atoms with E-state index in [1.165, 1.54) is 38.5 Å². The molecule has 3 atom stereocenters. The molecule has 124 valence electrons. The molecule has 1 rings (SSSR count). The summed E-state index contributed by atoms with van der Waals surface area (Å²) >= 11 is 0. The van der Waals surface area contributed by atoms with Gasteiger partial charge in [-0.15, -0.1) is 0 Å². The van der Waals surface area contributed by atoms with Gasteiger partial charge in [0.15, 0.2) is 0 Å². The van der Waals surface area contributed by atoms with Crippen LogP contribution in [-0.4, -0.2) is 42.5 Å². The van der Waals surface area contributed by atoms with Gasteiger partial charge in [0.1, 0.15) is 0 Å². The predicted molar refractivity (Wildman–Crippen MR) is 89.2 cm³/mol. The Balaban J connectivity index is 2.54. The molecule has 4 nitrogen and oxygen atoms in total. The highest BCUT2D eigenvalue weighted by molar-refractivity contribution is 5.81. The molecule has 0 aromatic carbocycles. The Labute approximate surface area is 130 Å². The Kier molecular flexibility index (Phi) is 8.93. The second-order valence-corrected chi connectivity index (χ2v) is 6.35. The van der Waals surface area contributed by atoms with E-state index >= 15 is 0 Å². The van der Waals surface area contributed by atoms with Crippen LogP contribution in [-0.2, 0) is 4.79 Å². The van der Waals surface area contributed by atoms with Crippen LogP contribution >= 0.6 is 0 Å². The first-order valence-corrected chi connectivity index (χ1v) is 8.89. The molecule has 1 aliphatic carbocycles. The third-order valence-electron chi connectivity index (χ3n) is 4.92. The van der Waals surface area contributed by atoms with Crippen molar-refractivity contribution in [2.24, 2.45) is 11.7 Å². The van der Waals surface area contributed by atoms with Crippen molar-refractivity contribution >= 4 is 5.91 Å². The number of rotatable bonds is 9. The lowest BCUT2D eigenvalue weighted by molar-refractivity contribution is -0.127. The standard InChI is InChI=1S/C17H35N3O/c1-4-6-9-12-19-17(21)14(3)20(5-2)16-11-8-7-10-15(16)13-18/h14-16H,4-13,18H2,1-3H3,(H,19,21). The third-order valence-corrected chi connectivity index (χ3v) is 4.92. The number of carbonyl (C=O) groups excluding carboxylic acids is 1. The van der Waals surface area contributed by atoms with Gasteiger partial charge in [0.05, 0.1) is 6.04 Å². The van der Waals surface area contributed by atoms with E-state index in [2.05, 4.69) is 24.1 Å². The van der Waals surface area contributed by atoms with E-state index in [-0.39, 0.29) is 11.9 Å². The van der Waals surface area contributed by atoms with Crippen molar-refractivity contribution in [1.29, 1.82) is 0 Å². The molecule has 0 heterocycles. The first-order chi connectivity index (χ1) is 10.2. The molecule has 1 fully saturated rings. The average Bonchev–Trinajstić information content (AvgIpc) is 2.52. The van der Waals surface area contributed by atoms with Gasteiger partial charge in [0.25, 0.3) is 0 Å². The van der Waals surface area contributed by atoms with Crippen molar-refractivity contribution in [2.75, 3.05) is 19.6 Å². The quantitative estimate of drug-likeness (QED) is 0.643. The Morgan fingerprint density at radius 2 is 2.00 bits per heavy atom. The number of carbonyl (C=O) groups is 1. The number of nitrogens with two attached hydrogens (primary N) is 1. The van der Waals surface area contributed by atoms with Crippen LogP contribution < -0.4 is 11.1 Å². The van der Waals surface area contributed by atoms with Crippen molar-refractivity contribution in [3.8, 4) is 0 Å². The number of unbranched alkanes of at least 4 members (excludes halogenated alkanes) is 2.